The van der Waals surface area contributed by atoms with Crippen LogP contribution in [-0.4, -0.2) is 18.8 Å². The van der Waals surface area contributed by atoms with Crippen LogP contribution in [0.3, 0.4) is 0 Å². The maximum atomic E-state index is 5.44. The third-order valence-corrected chi connectivity index (χ3v) is 2.03. The number of aliphatic imine (C=N–C) groups is 1. The Labute approximate surface area is 81.9 Å². The smallest absolute Gasteiger partial charge is 0.0414 e. The van der Waals surface area contributed by atoms with Gasteiger partial charge in [-0.1, -0.05) is 19.1 Å². The van der Waals surface area contributed by atoms with Crippen LogP contribution in [0, 0.1) is 5.92 Å². The summed E-state index contributed by atoms with van der Waals surface area (Å²) in [5.41, 5.74) is 6.49. The van der Waals surface area contributed by atoms with Gasteiger partial charge in [0.2, 0.25) is 0 Å². The molecule has 0 aromatic carbocycles. The zero-order valence-electron chi connectivity index (χ0n) is 9.09. The fourth-order valence-corrected chi connectivity index (χ4v) is 1.01. The van der Waals surface area contributed by atoms with Crippen LogP contribution in [-0.2, 0) is 0 Å². The summed E-state index contributed by atoms with van der Waals surface area (Å²) in [6.07, 6.45) is 6.68. The van der Waals surface area contributed by atoms with Gasteiger partial charge in [-0.3, -0.25) is 4.99 Å². The first-order chi connectivity index (χ1) is 6.20. The number of hydrogen-bond acceptors (Lipinski definition) is 2. The lowest BCUT2D eigenvalue weighted by Crippen LogP contribution is -2.11. The Morgan fingerprint density at radius 3 is 2.77 bits per heavy atom. The van der Waals surface area contributed by atoms with E-state index in [0.29, 0.717) is 12.5 Å². The van der Waals surface area contributed by atoms with E-state index in [2.05, 4.69) is 31.0 Å². The van der Waals surface area contributed by atoms with Gasteiger partial charge < -0.3 is 5.73 Å². The molecule has 0 aliphatic heterocycles. The number of nitrogens with two attached hydrogens (primary N) is 1. The Hall–Kier alpha value is -0.630. The highest BCUT2D eigenvalue weighted by molar-refractivity contribution is 5.83. The van der Waals surface area contributed by atoms with Gasteiger partial charge in [-0.15, -0.1) is 0 Å². The molecule has 2 nitrogen and oxygen atoms in total. The van der Waals surface area contributed by atoms with Gasteiger partial charge in [-0.25, -0.2) is 0 Å². The molecule has 0 aliphatic rings. The highest BCUT2D eigenvalue weighted by Gasteiger charge is 1.98. The van der Waals surface area contributed by atoms with Gasteiger partial charge in [0.1, 0.15) is 0 Å². The minimum Gasteiger partial charge on any atom is -0.326 e. The van der Waals surface area contributed by atoms with Crippen molar-refractivity contribution in [1.82, 2.24) is 0 Å². The molecular weight excluding hydrogens is 160 g/mol. The molecule has 0 rings (SSSR count). The van der Waals surface area contributed by atoms with E-state index >= 15 is 0 Å². The number of nitrogens with zero attached hydrogens (tertiary/aromatic N) is 1. The van der Waals surface area contributed by atoms with Crippen molar-refractivity contribution in [2.24, 2.45) is 16.6 Å². The Morgan fingerprint density at radius 2 is 2.23 bits per heavy atom. The summed E-state index contributed by atoms with van der Waals surface area (Å²) in [6.45, 7) is 7.78. The van der Waals surface area contributed by atoms with Gasteiger partial charge in [-0.05, 0) is 32.6 Å². The quantitative estimate of drug-likeness (QED) is 0.497. The molecule has 0 saturated carbocycles. The highest BCUT2D eigenvalue weighted by Crippen LogP contribution is 2.06. The predicted octanol–water partition coefficient (Wildman–Crippen LogP) is 2.40. The molecule has 76 valence electrons. The zero-order chi connectivity index (χ0) is 10.1. The lowest BCUT2D eigenvalue weighted by Gasteiger charge is -2.06. The van der Waals surface area contributed by atoms with Crippen LogP contribution in [0.1, 0.15) is 33.6 Å². The van der Waals surface area contributed by atoms with Crippen molar-refractivity contribution < 1.29 is 0 Å². The summed E-state index contributed by atoms with van der Waals surface area (Å²) < 4.78 is 0. The molecule has 0 bridgehead atoms. The van der Waals surface area contributed by atoms with E-state index < -0.39 is 0 Å². The third-order valence-electron chi connectivity index (χ3n) is 2.03. The summed E-state index contributed by atoms with van der Waals surface area (Å²) in [5.74, 6) is 0.665. The van der Waals surface area contributed by atoms with Crippen LogP contribution in [0.25, 0.3) is 0 Å². The molecular formula is C11H22N2. The lowest BCUT2D eigenvalue weighted by molar-refractivity contribution is 0.551. The summed E-state index contributed by atoms with van der Waals surface area (Å²) in [4.78, 5) is 4.39. The second-order valence-electron chi connectivity index (χ2n) is 3.53. The predicted molar refractivity (Wildman–Crippen MR) is 60.2 cm³/mol. The van der Waals surface area contributed by atoms with E-state index in [1.54, 1.807) is 0 Å². The summed E-state index contributed by atoms with van der Waals surface area (Å²) in [5, 5.41) is 0. The molecule has 0 spiro atoms. The molecule has 1 atom stereocenters. The fraction of sp³-hybridized carbons (Fsp3) is 0.727. The molecule has 0 saturated heterocycles. The van der Waals surface area contributed by atoms with Crippen LogP contribution < -0.4 is 5.73 Å². The van der Waals surface area contributed by atoms with Crippen molar-refractivity contribution in [2.75, 3.05) is 13.1 Å². The van der Waals surface area contributed by atoms with E-state index in [0.717, 1.165) is 18.7 Å². The Morgan fingerprint density at radius 1 is 1.54 bits per heavy atom. The molecule has 2 heteroatoms. The van der Waals surface area contributed by atoms with Crippen LogP contribution in [0.5, 0.6) is 0 Å². The van der Waals surface area contributed by atoms with E-state index in [9.17, 15) is 0 Å². The van der Waals surface area contributed by atoms with Gasteiger partial charge >= 0.3 is 0 Å². The van der Waals surface area contributed by atoms with Crippen molar-refractivity contribution in [1.29, 1.82) is 0 Å². The van der Waals surface area contributed by atoms with Gasteiger partial charge in [0.25, 0.3) is 0 Å². The average molecular weight is 182 g/mol. The van der Waals surface area contributed by atoms with Gasteiger partial charge in [0, 0.05) is 18.8 Å². The van der Waals surface area contributed by atoms with Gasteiger partial charge in [-0.2, -0.15) is 0 Å². The van der Waals surface area contributed by atoms with E-state index in [-0.39, 0.29) is 0 Å². The molecule has 2 N–H and O–H groups in total. The summed E-state index contributed by atoms with van der Waals surface area (Å²) in [6, 6.07) is 0. The highest BCUT2D eigenvalue weighted by atomic mass is 14.8. The molecule has 0 heterocycles. The van der Waals surface area contributed by atoms with Crippen molar-refractivity contribution in [3.8, 4) is 0 Å². The first-order valence-electron chi connectivity index (χ1n) is 5.01. The maximum absolute atomic E-state index is 5.44. The minimum atomic E-state index is 0.585. The van der Waals surface area contributed by atoms with Crippen molar-refractivity contribution in [2.45, 2.75) is 33.6 Å². The second-order valence-corrected chi connectivity index (χ2v) is 3.53. The van der Waals surface area contributed by atoms with E-state index in [1.165, 1.54) is 6.42 Å². The molecule has 0 fully saturated rings. The minimum absolute atomic E-state index is 0.585. The first-order valence-corrected chi connectivity index (χ1v) is 5.01. The molecule has 0 radical (unpaired) electrons. The zero-order valence-corrected chi connectivity index (χ0v) is 9.09. The molecule has 0 amide bonds. The van der Waals surface area contributed by atoms with Crippen LogP contribution >= 0.6 is 0 Å². The molecule has 1 unspecified atom stereocenters. The monoisotopic (exact) mass is 182 g/mol. The normalized spacial score (nSPS) is 15.2. The summed E-state index contributed by atoms with van der Waals surface area (Å²) in [7, 11) is 0. The fourth-order valence-electron chi connectivity index (χ4n) is 1.01. The topological polar surface area (TPSA) is 38.4 Å². The number of rotatable bonds is 6. The second kappa shape index (κ2) is 7.99. The lowest BCUT2D eigenvalue weighted by atomic mass is 10.1. The first kappa shape index (κ1) is 12.4. The van der Waals surface area contributed by atoms with Crippen molar-refractivity contribution in [3.63, 3.8) is 0 Å². The average Bonchev–Trinajstić information content (AvgIpc) is 2.14. The van der Waals surface area contributed by atoms with Crippen LogP contribution in [0.4, 0.5) is 0 Å². The van der Waals surface area contributed by atoms with Crippen molar-refractivity contribution in [3.05, 3.63) is 12.2 Å². The summed E-state index contributed by atoms with van der Waals surface area (Å²) >= 11 is 0. The molecule has 0 aliphatic carbocycles. The van der Waals surface area contributed by atoms with Gasteiger partial charge in [0.05, 0.1) is 0 Å². The maximum Gasteiger partial charge on any atom is 0.0414 e. The molecule has 0 aromatic rings. The van der Waals surface area contributed by atoms with Crippen LogP contribution in [0.15, 0.2) is 17.1 Å². The largest absolute Gasteiger partial charge is 0.326 e. The Kier molecular flexibility index (Phi) is 7.60. The number of allylic oxidation sites excluding steroid dienone is 2. The SMILES string of the molecule is C/C=C\CCC(C)CN=C(C)CN. The van der Waals surface area contributed by atoms with Gasteiger partial charge in [0.15, 0.2) is 0 Å². The van der Waals surface area contributed by atoms with E-state index in [1.807, 2.05) is 6.92 Å². The molecule has 13 heavy (non-hydrogen) atoms. The van der Waals surface area contributed by atoms with Crippen molar-refractivity contribution >= 4 is 5.71 Å². The van der Waals surface area contributed by atoms with E-state index in [4.69, 9.17) is 5.73 Å². The van der Waals surface area contributed by atoms with Crippen LogP contribution in [0.2, 0.25) is 0 Å². The number of hydrogen-bond donors (Lipinski definition) is 1. The molecule has 0 aromatic heterocycles. The standard InChI is InChI=1S/C11H22N2/c1-4-5-6-7-10(2)9-13-11(3)8-12/h4-5,10H,6-9,12H2,1-3H3/b5-4-,13-11?. The third kappa shape index (κ3) is 7.72. The Balaban J connectivity index is 3.56. The Bertz CT molecular complexity index is 171.